The Bertz CT molecular complexity index is 293. The minimum Gasteiger partial charge on any atom is -0.316 e. The average molecular weight is 197 g/mol. The first kappa shape index (κ1) is 9.59. The number of hydrogen-bond acceptors (Lipinski definition) is 1. The molecular weight excluding hydrogens is 184 g/mol. The van der Waals surface area contributed by atoms with Crippen LogP contribution in [0.15, 0.2) is 30.3 Å². The van der Waals surface area contributed by atoms with E-state index < -0.39 is 5.92 Å². The molecule has 1 aliphatic heterocycles. The standard InChI is InChI=1S/C11H13F2N/c12-11(13,6-9-7-14-8-9)10-4-2-1-3-5-10/h1-5,9,14H,6-8H2. The number of halogens is 2. The van der Waals surface area contributed by atoms with Gasteiger partial charge in [-0.1, -0.05) is 30.3 Å². The van der Waals surface area contributed by atoms with E-state index in [1.54, 1.807) is 18.2 Å². The molecule has 1 saturated heterocycles. The van der Waals surface area contributed by atoms with Crippen LogP contribution in [-0.4, -0.2) is 13.1 Å². The van der Waals surface area contributed by atoms with Gasteiger partial charge in [-0.25, -0.2) is 8.78 Å². The Balaban J connectivity index is 2.06. The van der Waals surface area contributed by atoms with Crippen LogP contribution in [0, 0.1) is 5.92 Å². The van der Waals surface area contributed by atoms with Crippen molar-refractivity contribution in [1.29, 1.82) is 0 Å². The van der Waals surface area contributed by atoms with Gasteiger partial charge in [0.15, 0.2) is 0 Å². The highest BCUT2D eigenvalue weighted by Crippen LogP contribution is 2.35. The molecule has 0 atom stereocenters. The highest BCUT2D eigenvalue weighted by Gasteiger charge is 2.36. The topological polar surface area (TPSA) is 12.0 Å². The van der Waals surface area contributed by atoms with Crippen LogP contribution in [0.25, 0.3) is 0 Å². The molecule has 0 spiro atoms. The van der Waals surface area contributed by atoms with E-state index in [9.17, 15) is 8.78 Å². The Morgan fingerprint density at radius 2 is 1.86 bits per heavy atom. The van der Waals surface area contributed by atoms with Crippen LogP contribution in [0.4, 0.5) is 8.78 Å². The Morgan fingerprint density at radius 3 is 2.36 bits per heavy atom. The maximum atomic E-state index is 13.6. The molecule has 0 amide bonds. The minimum atomic E-state index is -2.67. The molecule has 1 aliphatic rings. The van der Waals surface area contributed by atoms with Gasteiger partial charge in [0, 0.05) is 12.0 Å². The van der Waals surface area contributed by atoms with Crippen LogP contribution in [-0.2, 0) is 5.92 Å². The normalized spacial score (nSPS) is 17.9. The molecule has 1 N–H and O–H groups in total. The lowest BCUT2D eigenvalue weighted by Gasteiger charge is -2.30. The highest BCUT2D eigenvalue weighted by atomic mass is 19.3. The van der Waals surface area contributed by atoms with Gasteiger partial charge in [-0.2, -0.15) is 0 Å². The zero-order valence-corrected chi connectivity index (χ0v) is 7.84. The molecule has 1 aromatic rings. The summed E-state index contributed by atoms with van der Waals surface area (Å²) in [5.74, 6) is -2.54. The van der Waals surface area contributed by atoms with Gasteiger partial charge in [0.1, 0.15) is 0 Å². The van der Waals surface area contributed by atoms with E-state index >= 15 is 0 Å². The van der Waals surface area contributed by atoms with Gasteiger partial charge in [0.05, 0.1) is 0 Å². The number of alkyl halides is 2. The molecule has 3 heteroatoms. The Labute approximate surface area is 82.1 Å². The quantitative estimate of drug-likeness (QED) is 0.784. The molecular formula is C11H13F2N. The van der Waals surface area contributed by atoms with Crippen molar-refractivity contribution in [2.45, 2.75) is 12.3 Å². The lowest BCUT2D eigenvalue weighted by atomic mass is 9.92. The summed E-state index contributed by atoms with van der Waals surface area (Å²) in [5, 5.41) is 3.00. The summed E-state index contributed by atoms with van der Waals surface area (Å²) in [4.78, 5) is 0. The van der Waals surface area contributed by atoms with Crippen molar-refractivity contribution in [3.05, 3.63) is 35.9 Å². The molecule has 1 nitrogen and oxygen atoms in total. The van der Waals surface area contributed by atoms with Crippen LogP contribution < -0.4 is 5.32 Å². The monoisotopic (exact) mass is 197 g/mol. The van der Waals surface area contributed by atoms with Gasteiger partial charge in [0.25, 0.3) is 5.92 Å². The zero-order valence-electron chi connectivity index (χ0n) is 7.84. The van der Waals surface area contributed by atoms with Gasteiger partial charge >= 0.3 is 0 Å². The van der Waals surface area contributed by atoms with Crippen LogP contribution in [0.1, 0.15) is 12.0 Å². The van der Waals surface area contributed by atoms with E-state index in [1.807, 2.05) is 0 Å². The van der Waals surface area contributed by atoms with Crippen LogP contribution in [0.5, 0.6) is 0 Å². The van der Waals surface area contributed by atoms with E-state index in [4.69, 9.17) is 0 Å². The Morgan fingerprint density at radius 1 is 1.21 bits per heavy atom. The van der Waals surface area contributed by atoms with Crippen LogP contribution in [0.3, 0.4) is 0 Å². The lowest BCUT2D eigenvalue weighted by molar-refractivity contribution is -0.0356. The predicted molar refractivity (Wildman–Crippen MR) is 51.3 cm³/mol. The average Bonchev–Trinajstić information content (AvgIpc) is 2.13. The second-order valence-electron chi connectivity index (χ2n) is 3.80. The second-order valence-corrected chi connectivity index (χ2v) is 3.80. The van der Waals surface area contributed by atoms with Crippen molar-refractivity contribution in [2.24, 2.45) is 5.92 Å². The first-order valence-corrected chi connectivity index (χ1v) is 4.82. The molecule has 0 aliphatic carbocycles. The molecule has 76 valence electrons. The maximum Gasteiger partial charge on any atom is 0.273 e. The third kappa shape index (κ3) is 1.93. The van der Waals surface area contributed by atoms with Crippen molar-refractivity contribution in [3.8, 4) is 0 Å². The lowest BCUT2D eigenvalue weighted by Crippen LogP contribution is -2.44. The third-order valence-electron chi connectivity index (χ3n) is 2.61. The van der Waals surface area contributed by atoms with Crippen molar-refractivity contribution < 1.29 is 8.78 Å². The van der Waals surface area contributed by atoms with E-state index in [0.717, 1.165) is 13.1 Å². The van der Waals surface area contributed by atoms with Gasteiger partial charge in [-0.3, -0.25) is 0 Å². The van der Waals surface area contributed by atoms with Crippen LogP contribution >= 0.6 is 0 Å². The largest absolute Gasteiger partial charge is 0.316 e. The molecule has 0 bridgehead atoms. The number of rotatable bonds is 3. The molecule has 1 fully saturated rings. The summed E-state index contributed by atoms with van der Waals surface area (Å²) in [6.45, 7) is 1.45. The summed E-state index contributed by atoms with van der Waals surface area (Å²) in [6, 6.07) is 8.05. The smallest absolute Gasteiger partial charge is 0.273 e. The fourth-order valence-electron chi connectivity index (χ4n) is 1.66. The highest BCUT2D eigenvalue weighted by molar-refractivity contribution is 5.20. The zero-order chi connectivity index (χ0) is 10.0. The second kappa shape index (κ2) is 3.65. The molecule has 0 aromatic heterocycles. The number of hydrogen-bond donors (Lipinski definition) is 1. The van der Waals surface area contributed by atoms with E-state index in [1.165, 1.54) is 12.1 Å². The van der Waals surface area contributed by atoms with Crippen molar-refractivity contribution in [1.82, 2.24) is 5.32 Å². The summed E-state index contributed by atoms with van der Waals surface area (Å²) in [5.41, 5.74) is 0.131. The maximum absolute atomic E-state index is 13.6. The van der Waals surface area contributed by atoms with Gasteiger partial charge < -0.3 is 5.32 Å². The number of nitrogens with one attached hydrogen (secondary N) is 1. The van der Waals surface area contributed by atoms with Gasteiger partial charge in [-0.05, 0) is 19.0 Å². The summed E-state index contributed by atoms with van der Waals surface area (Å²) in [6.07, 6.45) is -0.0377. The predicted octanol–water partition coefficient (Wildman–Crippen LogP) is 2.39. The fourth-order valence-corrected chi connectivity index (χ4v) is 1.66. The summed E-state index contributed by atoms with van der Waals surface area (Å²) in [7, 11) is 0. The molecule has 1 aromatic carbocycles. The third-order valence-corrected chi connectivity index (χ3v) is 2.61. The first-order valence-electron chi connectivity index (χ1n) is 4.82. The summed E-state index contributed by atoms with van der Waals surface area (Å²) < 4.78 is 27.2. The SMILES string of the molecule is FC(F)(CC1CNC1)c1ccccc1. The first-order chi connectivity index (χ1) is 6.68. The van der Waals surface area contributed by atoms with Gasteiger partial charge in [-0.15, -0.1) is 0 Å². The van der Waals surface area contributed by atoms with Crippen molar-refractivity contribution in [3.63, 3.8) is 0 Å². The minimum absolute atomic E-state index is 0.0377. The fraction of sp³-hybridized carbons (Fsp3) is 0.455. The molecule has 0 saturated carbocycles. The van der Waals surface area contributed by atoms with E-state index in [0.29, 0.717) is 0 Å². The molecule has 0 radical (unpaired) electrons. The molecule has 14 heavy (non-hydrogen) atoms. The van der Waals surface area contributed by atoms with E-state index in [2.05, 4.69) is 5.32 Å². The van der Waals surface area contributed by atoms with Crippen molar-refractivity contribution >= 4 is 0 Å². The Kier molecular flexibility index (Phi) is 2.50. The molecule has 2 rings (SSSR count). The summed E-state index contributed by atoms with van der Waals surface area (Å²) >= 11 is 0. The van der Waals surface area contributed by atoms with Crippen molar-refractivity contribution in [2.75, 3.05) is 13.1 Å². The molecule has 1 heterocycles. The number of benzene rings is 1. The van der Waals surface area contributed by atoms with Crippen LogP contribution in [0.2, 0.25) is 0 Å². The van der Waals surface area contributed by atoms with Gasteiger partial charge in [0.2, 0.25) is 0 Å². The Hall–Kier alpha value is -0.960. The molecule has 0 unspecified atom stereocenters. The van der Waals surface area contributed by atoms with E-state index in [-0.39, 0.29) is 17.9 Å².